The van der Waals surface area contributed by atoms with Crippen LogP contribution in [0, 0.1) is 0 Å². The van der Waals surface area contributed by atoms with Crippen LogP contribution in [-0.4, -0.2) is 25.7 Å². The van der Waals surface area contributed by atoms with Gasteiger partial charge in [-0.15, -0.1) is 0 Å². The molecule has 0 aliphatic heterocycles. The van der Waals surface area contributed by atoms with Gasteiger partial charge in [-0.25, -0.2) is 9.97 Å². The van der Waals surface area contributed by atoms with Gasteiger partial charge < -0.3 is 5.73 Å². The second-order valence-corrected chi connectivity index (χ2v) is 5.72. The minimum Gasteiger partial charge on any atom is -0.364 e. The minimum absolute atomic E-state index is 0.274. The molecule has 0 bridgehead atoms. The lowest BCUT2D eigenvalue weighted by Crippen LogP contribution is -2.24. The van der Waals surface area contributed by atoms with Crippen molar-refractivity contribution in [2.45, 2.75) is 26.3 Å². The predicted molar refractivity (Wildman–Crippen MR) is 76.3 cm³/mol. The molecule has 102 valence electrons. The van der Waals surface area contributed by atoms with Crippen LogP contribution in [0.5, 0.6) is 0 Å². The monoisotopic (exact) mass is 269 g/mol. The molecule has 0 unspecified atom stereocenters. The van der Waals surface area contributed by atoms with Crippen molar-refractivity contribution < 1.29 is 4.79 Å². The summed E-state index contributed by atoms with van der Waals surface area (Å²) in [4.78, 5) is 20.0. The molecule has 3 aromatic rings. The van der Waals surface area contributed by atoms with E-state index in [2.05, 4.69) is 15.1 Å². The van der Waals surface area contributed by atoms with Crippen molar-refractivity contribution in [1.82, 2.24) is 19.7 Å². The molecule has 2 heterocycles. The number of amides is 1. The fourth-order valence-electron chi connectivity index (χ4n) is 2.32. The molecule has 6 heteroatoms. The van der Waals surface area contributed by atoms with Gasteiger partial charge in [0.2, 0.25) is 0 Å². The SMILES string of the molecule is CC(C)(C)n1nc(C(N)=O)c2ccc3cncnc3c21. The van der Waals surface area contributed by atoms with E-state index in [9.17, 15) is 4.79 Å². The van der Waals surface area contributed by atoms with Gasteiger partial charge in [0.25, 0.3) is 5.91 Å². The quantitative estimate of drug-likeness (QED) is 0.730. The Balaban J connectivity index is 2.55. The molecule has 6 nitrogen and oxygen atoms in total. The van der Waals surface area contributed by atoms with Gasteiger partial charge in [0.15, 0.2) is 5.69 Å². The van der Waals surface area contributed by atoms with Gasteiger partial charge in [0, 0.05) is 17.0 Å². The topological polar surface area (TPSA) is 86.7 Å². The van der Waals surface area contributed by atoms with Gasteiger partial charge in [-0.1, -0.05) is 6.07 Å². The molecule has 0 radical (unpaired) electrons. The van der Waals surface area contributed by atoms with Crippen LogP contribution < -0.4 is 5.73 Å². The van der Waals surface area contributed by atoms with Crippen molar-refractivity contribution in [3.8, 4) is 0 Å². The summed E-state index contributed by atoms with van der Waals surface area (Å²) in [5.41, 5.74) is 7.00. The first-order valence-corrected chi connectivity index (χ1v) is 6.31. The van der Waals surface area contributed by atoms with E-state index < -0.39 is 5.91 Å². The number of aromatic nitrogens is 4. The second-order valence-electron chi connectivity index (χ2n) is 5.72. The smallest absolute Gasteiger partial charge is 0.269 e. The van der Waals surface area contributed by atoms with Gasteiger partial charge in [-0.05, 0) is 26.8 Å². The number of fused-ring (bicyclic) bond motifs is 3. The number of rotatable bonds is 1. The van der Waals surface area contributed by atoms with E-state index >= 15 is 0 Å². The first-order valence-electron chi connectivity index (χ1n) is 6.31. The summed E-state index contributed by atoms with van der Waals surface area (Å²) in [5.74, 6) is -0.536. The third-order valence-corrected chi connectivity index (χ3v) is 3.19. The summed E-state index contributed by atoms with van der Waals surface area (Å²) in [7, 11) is 0. The van der Waals surface area contributed by atoms with Crippen molar-refractivity contribution in [2.75, 3.05) is 0 Å². The van der Waals surface area contributed by atoms with Crippen LogP contribution >= 0.6 is 0 Å². The Morgan fingerprint density at radius 1 is 1.30 bits per heavy atom. The fraction of sp³-hybridized carbons (Fsp3) is 0.286. The first kappa shape index (κ1) is 12.5. The maximum atomic E-state index is 11.6. The molecule has 1 amide bonds. The van der Waals surface area contributed by atoms with Gasteiger partial charge in [-0.2, -0.15) is 5.10 Å². The molecule has 0 aliphatic carbocycles. The van der Waals surface area contributed by atoms with Crippen LogP contribution in [-0.2, 0) is 5.54 Å². The van der Waals surface area contributed by atoms with Crippen LogP contribution in [0.25, 0.3) is 21.8 Å². The maximum absolute atomic E-state index is 11.6. The molecule has 2 aromatic heterocycles. The molecule has 0 saturated carbocycles. The number of nitrogens with zero attached hydrogens (tertiary/aromatic N) is 4. The third-order valence-electron chi connectivity index (χ3n) is 3.19. The average molecular weight is 269 g/mol. The minimum atomic E-state index is -0.536. The zero-order valence-corrected chi connectivity index (χ0v) is 11.6. The fourth-order valence-corrected chi connectivity index (χ4v) is 2.32. The largest absolute Gasteiger partial charge is 0.364 e. The highest BCUT2D eigenvalue weighted by Gasteiger charge is 2.24. The van der Waals surface area contributed by atoms with Gasteiger partial charge >= 0.3 is 0 Å². The highest BCUT2D eigenvalue weighted by atomic mass is 16.1. The van der Waals surface area contributed by atoms with E-state index in [1.165, 1.54) is 6.33 Å². The molecular formula is C14H15N5O. The normalized spacial score (nSPS) is 12.2. The summed E-state index contributed by atoms with van der Waals surface area (Å²) < 4.78 is 1.80. The van der Waals surface area contributed by atoms with E-state index in [0.29, 0.717) is 0 Å². The van der Waals surface area contributed by atoms with E-state index in [0.717, 1.165) is 21.8 Å². The van der Waals surface area contributed by atoms with Crippen LogP contribution in [0.4, 0.5) is 0 Å². The van der Waals surface area contributed by atoms with Crippen molar-refractivity contribution in [3.63, 3.8) is 0 Å². The summed E-state index contributed by atoms with van der Waals surface area (Å²) in [5, 5.41) is 6.02. The molecule has 3 rings (SSSR count). The van der Waals surface area contributed by atoms with Crippen LogP contribution in [0.3, 0.4) is 0 Å². The van der Waals surface area contributed by atoms with Gasteiger partial charge in [0.05, 0.1) is 16.6 Å². The van der Waals surface area contributed by atoms with Crippen molar-refractivity contribution in [3.05, 3.63) is 30.4 Å². The number of carbonyl (C=O) groups is 1. The lowest BCUT2D eigenvalue weighted by Gasteiger charge is -2.20. The van der Waals surface area contributed by atoms with Gasteiger partial charge in [0.1, 0.15) is 6.33 Å². The number of hydrogen-bond acceptors (Lipinski definition) is 4. The first-order chi connectivity index (χ1) is 9.39. The maximum Gasteiger partial charge on any atom is 0.269 e. The molecule has 0 atom stereocenters. The number of hydrogen-bond donors (Lipinski definition) is 1. The van der Waals surface area contributed by atoms with Crippen molar-refractivity contribution in [2.24, 2.45) is 5.73 Å². The third kappa shape index (κ3) is 1.72. The molecule has 0 spiro atoms. The number of nitrogens with two attached hydrogens (primary N) is 1. The van der Waals surface area contributed by atoms with Crippen LogP contribution in [0.15, 0.2) is 24.7 Å². The molecule has 0 fully saturated rings. The summed E-state index contributed by atoms with van der Waals surface area (Å²) in [6.45, 7) is 6.05. The van der Waals surface area contributed by atoms with E-state index in [-0.39, 0.29) is 11.2 Å². The molecule has 0 saturated heterocycles. The molecule has 20 heavy (non-hydrogen) atoms. The Bertz CT molecular complexity index is 829. The molecule has 1 aromatic carbocycles. The summed E-state index contributed by atoms with van der Waals surface area (Å²) in [6.07, 6.45) is 3.23. The Hall–Kier alpha value is -2.50. The Morgan fingerprint density at radius 3 is 2.70 bits per heavy atom. The zero-order valence-electron chi connectivity index (χ0n) is 11.6. The Labute approximate surface area is 115 Å². The van der Waals surface area contributed by atoms with E-state index in [4.69, 9.17) is 5.73 Å². The van der Waals surface area contributed by atoms with Crippen molar-refractivity contribution in [1.29, 1.82) is 0 Å². The highest BCUT2D eigenvalue weighted by molar-refractivity contribution is 6.11. The Kier molecular flexibility index (Phi) is 2.50. The zero-order chi connectivity index (χ0) is 14.5. The summed E-state index contributed by atoms with van der Waals surface area (Å²) in [6, 6.07) is 3.72. The van der Waals surface area contributed by atoms with E-state index in [1.807, 2.05) is 32.9 Å². The molecule has 2 N–H and O–H groups in total. The molecule has 0 aliphatic rings. The second kappa shape index (κ2) is 4.00. The predicted octanol–water partition coefficient (Wildman–Crippen LogP) is 1.83. The molecular weight excluding hydrogens is 254 g/mol. The number of carbonyl (C=O) groups excluding carboxylic acids is 1. The number of primary amides is 1. The summed E-state index contributed by atoms with van der Waals surface area (Å²) >= 11 is 0. The lowest BCUT2D eigenvalue weighted by molar-refractivity contribution is 0.0995. The van der Waals surface area contributed by atoms with Crippen LogP contribution in [0.1, 0.15) is 31.3 Å². The van der Waals surface area contributed by atoms with Crippen molar-refractivity contribution >= 4 is 27.7 Å². The van der Waals surface area contributed by atoms with Gasteiger partial charge in [-0.3, -0.25) is 9.48 Å². The van der Waals surface area contributed by atoms with E-state index in [1.54, 1.807) is 10.9 Å². The average Bonchev–Trinajstić information content (AvgIpc) is 2.78. The standard InChI is InChI=1S/C14H15N5O/c1-14(2,3)19-12-9(11(18-19)13(15)20)5-4-8-6-16-7-17-10(8)12/h4-7H,1-3H3,(H2,15,20). The lowest BCUT2D eigenvalue weighted by atomic mass is 10.1. The number of benzene rings is 1. The highest BCUT2D eigenvalue weighted by Crippen LogP contribution is 2.29. The van der Waals surface area contributed by atoms with Crippen LogP contribution in [0.2, 0.25) is 0 Å². The Morgan fingerprint density at radius 2 is 2.05 bits per heavy atom.